The molecule has 4 heteroatoms. The third-order valence-corrected chi connectivity index (χ3v) is 4.03. The van der Waals surface area contributed by atoms with Gasteiger partial charge in [0.2, 0.25) is 0 Å². The van der Waals surface area contributed by atoms with E-state index in [-0.39, 0.29) is 11.4 Å². The van der Waals surface area contributed by atoms with E-state index in [1.165, 1.54) is 12.1 Å². The molecule has 0 fully saturated rings. The van der Waals surface area contributed by atoms with Crippen molar-refractivity contribution in [2.24, 2.45) is 0 Å². The Morgan fingerprint density at radius 1 is 0.696 bits per heavy atom. The molecule has 114 valence electrons. The first-order chi connectivity index (χ1) is 11.2. The van der Waals surface area contributed by atoms with Crippen LogP contribution in [0.5, 0.6) is 0 Å². The summed E-state index contributed by atoms with van der Waals surface area (Å²) in [5, 5.41) is 1.52. The summed E-state index contributed by atoms with van der Waals surface area (Å²) >= 11 is 0. The zero-order valence-electron chi connectivity index (χ0n) is 12.4. The molecule has 0 aliphatic carbocycles. The van der Waals surface area contributed by atoms with Gasteiger partial charge in [-0.3, -0.25) is 0 Å². The van der Waals surface area contributed by atoms with Crippen LogP contribution in [0.15, 0.2) is 65.1 Å². The van der Waals surface area contributed by atoms with Crippen LogP contribution < -0.4 is 4.90 Å². The number of furan rings is 1. The fraction of sp³-hybridized carbons (Fsp3) is 0.0526. The van der Waals surface area contributed by atoms with E-state index in [2.05, 4.69) is 0 Å². The van der Waals surface area contributed by atoms with Gasteiger partial charge in [0.1, 0.15) is 5.82 Å². The van der Waals surface area contributed by atoms with E-state index in [0.29, 0.717) is 22.3 Å². The summed E-state index contributed by atoms with van der Waals surface area (Å²) in [5.41, 5.74) is 1.87. The quantitative estimate of drug-likeness (QED) is 0.477. The van der Waals surface area contributed by atoms with Gasteiger partial charge < -0.3 is 9.32 Å². The number of hydrogen-bond acceptors (Lipinski definition) is 2. The van der Waals surface area contributed by atoms with Crippen molar-refractivity contribution in [3.05, 3.63) is 72.3 Å². The Balaban J connectivity index is 1.99. The van der Waals surface area contributed by atoms with Crippen molar-refractivity contribution in [3.8, 4) is 0 Å². The van der Waals surface area contributed by atoms with Crippen molar-refractivity contribution in [1.29, 1.82) is 0 Å². The standard InChI is InChI=1S/C19H13F2NO/c1-22(16-10-3-2-8-14(16)20)17-11-5-7-13-12-6-4-9-15(21)18(12)23-19(13)17/h2-11H,1H3. The molecule has 1 aromatic heterocycles. The van der Waals surface area contributed by atoms with E-state index >= 15 is 0 Å². The van der Waals surface area contributed by atoms with Gasteiger partial charge in [0.05, 0.1) is 11.4 Å². The molecule has 3 aromatic carbocycles. The number of anilines is 2. The highest BCUT2D eigenvalue weighted by Crippen LogP contribution is 2.38. The fourth-order valence-corrected chi connectivity index (χ4v) is 2.89. The van der Waals surface area contributed by atoms with Gasteiger partial charge in [0.25, 0.3) is 0 Å². The summed E-state index contributed by atoms with van der Waals surface area (Å²) in [6.07, 6.45) is 0. The lowest BCUT2D eigenvalue weighted by atomic mass is 10.1. The largest absolute Gasteiger partial charge is 0.451 e. The van der Waals surface area contributed by atoms with Crippen molar-refractivity contribution in [3.63, 3.8) is 0 Å². The van der Waals surface area contributed by atoms with Gasteiger partial charge in [-0.15, -0.1) is 0 Å². The van der Waals surface area contributed by atoms with E-state index in [0.717, 1.165) is 5.39 Å². The lowest BCUT2D eigenvalue weighted by molar-refractivity contribution is 0.584. The highest BCUT2D eigenvalue weighted by molar-refractivity contribution is 6.09. The number of nitrogens with zero attached hydrogens (tertiary/aromatic N) is 1. The van der Waals surface area contributed by atoms with Crippen molar-refractivity contribution in [2.45, 2.75) is 0 Å². The monoisotopic (exact) mass is 309 g/mol. The number of halogens is 2. The minimum absolute atomic E-state index is 0.219. The molecule has 0 unspecified atom stereocenters. The highest BCUT2D eigenvalue weighted by atomic mass is 19.1. The van der Waals surface area contributed by atoms with Crippen LogP contribution in [0.4, 0.5) is 20.2 Å². The van der Waals surface area contributed by atoms with Crippen LogP contribution in [0.25, 0.3) is 21.9 Å². The molecule has 2 nitrogen and oxygen atoms in total. The van der Waals surface area contributed by atoms with E-state index in [1.807, 2.05) is 24.3 Å². The lowest BCUT2D eigenvalue weighted by Crippen LogP contribution is -2.11. The maximum absolute atomic E-state index is 14.1. The third kappa shape index (κ3) is 2.06. The molecule has 0 spiro atoms. The van der Waals surface area contributed by atoms with Gasteiger partial charge in [-0.1, -0.05) is 36.4 Å². The molecule has 4 rings (SSSR count). The number of benzene rings is 3. The molecule has 0 bridgehead atoms. The van der Waals surface area contributed by atoms with Crippen LogP contribution in [-0.2, 0) is 0 Å². The Labute approximate surface area is 131 Å². The van der Waals surface area contributed by atoms with Crippen LogP contribution in [0, 0.1) is 11.6 Å². The second kappa shape index (κ2) is 5.09. The van der Waals surface area contributed by atoms with Crippen molar-refractivity contribution >= 4 is 33.3 Å². The molecule has 0 aliphatic heterocycles. The molecular formula is C19H13F2NO. The molecule has 0 amide bonds. The first-order valence-electron chi connectivity index (χ1n) is 7.25. The van der Waals surface area contributed by atoms with Gasteiger partial charge in [-0.2, -0.15) is 0 Å². The molecule has 0 aliphatic rings. The predicted molar refractivity (Wildman–Crippen MR) is 88.1 cm³/mol. The molecule has 1 heterocycles. The summed E-state index contributed by atoms with van der Waals surface area (Å²) in [5.74, 6) is -0.729. The number of para-hydroxylation sites is 3. The van der Waals surface area contributed by atoms with Crippen LogP contribution in [0.3, 0.4) is 0 Å². The third-order valence-electron chi connectivity index (χ3n) is 4.03. The molecule has 23 heavy (non-hydrogen) atoms. The minimum atomic E-state index is -0.404. The van der Waals surface area contributed by atoms with Gasteiger partial charge in [-0.05, 0) is 24.3 Å². The summed E-state index contributed by atoms with van der Waals surface area (Å²) < 4.78 is 33.8. The topological polar surface area (TPSA) is 16.4 Å². The van der Waals surface area contributed by atoms with E-state index in [1.54, 1.807) is 36.2 Å². The molecule has 0 radical (unpaired) electrons. The first-order valence-corrected chi connectivity index (χ1v) is 7.25. The van der Waals surface area contributed by atoms with E-state index < -0.39 is 5.82 Å². The Kier molecular flexibility index (Phi) is 3.05. The maximum Gasteiger partial charge on any atom is 0.171 e. The second-order valence-electron chi connectivity index (χ2n) is 5.38. The smallest absolute Gasteiger partial charge is 0.171 e. The Morgan fingerprint density at radius 2 is 1.30 bits per heavy atom. The Hall–Kier alpha value is -2.88. The average Bonchev–Trinajstić information content (AvgIpc) is 2.95. The molecule has 0 saturated carbocycles. The summed E-state index contributed by atoms with van der Waals surface area (Å²) in [6, 6.07) is 16.9. The first kappa shape index (κ1) is 13.8. The second-order valence-corrected chi connectivity index (χ2v) is 5.38. The lowest BCUT2D eigenvalue weighted by Gasteiger charge is -2.20. The molecular weight excluding hydrogens is 296 g/mol. The molecule has 0 N–H and O–H groups in total. The number of fused-ring (bicyclic) bond motifs is 3. The van der Waals surface area contributed by atoms with Gasteiger partial charge in [-0.25, -0.2) is 8.78 Å². The van der Waals surface area contributed by atoms with E-state index in [9.17, 15) is 8.78 Å². The van der Waals surface area contributed by atoms with Crippen molar-refractivity contribution < 1.29 is 13.2 Å². The van der Waals surface area contributed by atoms with Crippen LogP contribution >= 0.6 is 0 Å². The van der Waals surface area contributed by atoms with Crippen LogP contribution in [0.1, 0.15) is 0 Å². The molecule has 0 atom stereocenters. The zero-order chi connectivity index (χ0) is 16.0. The van der Waals surface area contributed by atoms with Crippen molar-refractivity contribution in [1.82, 2.24) is 0 Å². The number of rotatable bonds is 2. The average molecular weight is 309 g/mol. The normalized spacial score (nSPS) is 11.3. The Morgan fingerprint density at radius 3 is 2.09 bits per heavy atom. The Bertz CT molecular complexity index is 1020. The zero-order valence-corrected chi connectivity index (χ0v) is 12.4. The SMILES string of the molecule is CN(c1ccccc1F)c1cccc2c1oc1c(F)cccc12. The number of hydrogen-bond donors (Lipinski definition) is 0. The van der Waals surface area contributed by atoms with Crippen molar-refractivity contribution in [2.75, 3.05) is 11.9 Å². The highest BCUT2D eigenvalue weighted by Gasteiger charge is 2.17. The molecule has 0 saturated heterocycles. The van der Waals surface area contributed by atoms with Gasteiger partial charge in [0.15, 0.2) is 17.0 Å². The summed E-state index contributed by atoms with van der Waals surface area (Å²) in [7, 11) is 1.76. The fourth-order valence-electron chi connectivity index (χ4n) is 2.89. The van der Waals surface area contributed by atoms with Crippen LogP contribution in [-0.4, -0.2) is 7.05 Å². The van der Waals surface area contributed by atoms with Gasteiger partial charge in [0, 0.05) is 17.8 Å². The predicted octanol–water partition coefficient (Wildman–Crippen LogP) is 5.63. The summed E-state index contributed by atoms with van der Waals surface area (Å²) in [4.78, 5) is 1.71. The van der Waals surface area contributed by atoms with E-state index in [4.69, 9.17) is 4.42 Å². The van der Waals surface area contributed by atoms with Gasteiger partial charge >= 0.3 is 0 Å². The maximum atomic E-state index is 14.1. The summed E-state index contributed by atoms with van der Waals surface area (Å²) in [6.45, 7) is 0. The van der Waals surface area contributed by atoms with Crippen LogP contribution in [0.2, 0.25) is 0 Å². The molecule has 4 aromatic rings. The minimum Gasteiger partial charge on any atom is -0.451 e.